The smallest absolute Gasteiger partial charge is 0.123 e. The minimum atomic E-state index is -0.229. The van der Waals surface area contributed by atoms with Crippen LogP contribution in [0.4, 0.5) is 4.39 Å². The lowest BCUT2D eigenvalue weighted by atomic mass is 9.97. The van der Waals surface area contributed by atoms with E-state index in [4.69, 9.17) is 0 Å². The number of halogens is 1. The molecule has 4 rings (SSSR count). The van der Waals surface area contributed by atoms with E-state index < -0.39 is 0 Å². The van der Waals surface area contributed by atoms with Crippen LogP contribution in [0.2, 0.25) is 0 Å². The van der Waals surface area contributed by atoms with E-state index in [-0.39, 0.29) is 5.82 Å². The molecule has 140 valence electrons. The van der Waals surface area contributed by atoms with Crippen molar-refractivity contribution in [2.45, 2.75) is 13.0 Å². The van der Waals surface area contributed by atoms with Crippen molar-refractivity contribution < 1.29 is 4.39 Å². The molecule has 3 nitrogen and oxygen atoms in total. The second kappa shape index (κ2) is 8.63. The van der Waals surface area contributed by atoms with E-state index in [1.165, 1.54) is 17.7 Å². The van der Waals surface area contributed by atoms with Crippen molar-refractivity contribution in [1.82, 2.24) is 15.3 Å². The largest absolute Gasteiger partial charge is 0.363 e. The van der Waals surface area contributed by atoms with E-state index in [0.717, 1.165) is 47.5 Å². The fourth-order valence-electron chi connectivity index (χ4n) is 3.40. The van der Waals surface area contributed by atoms with Gasteiger partial charge in [0.1, 0.15) is 5.82 Å². The number of nitrogens with zero attached hydrogens (tertiary/aromatic N) is 1. The lowest BCUT2D eigenvalue weighted by molar-refractivity contribution is 0.628. The van der Waals surface area contributed by atoms with E-state index in [0.29, 0.717) is 0 Å². The predicted molar refractivity (Wildman–Crippen MR) is 111 cm³/mol. The number of nitrogens with one attached hydrogen (secondary N) is 2. The van der Waals surface area contributed by atoms with Gasteiger partial charge in [0.05, 0.1) is 0 Å². The number of aromatic amines is 1. The van der Waals surface area contributed by atoms with Gasteiger partial charge in [-0.15, -0.1) is 0 Å². The SMILES string of the molecule is Fc1ccc(-c2c[nH]c(CNCCc3ccccc3)c2-c2ccncc2)cc1. The van der Waals surface area contributed by atoms with Crippen LogP contribution in [-0.2, 0) is 13.0 Å². The molecule has 0 aliphatic heterocycles. The Morgan fingerprint density at radius 3 is 2.36 bits per heavy atom. The van der Waals surface area contributed by atoms with E-state index in [1.54, 1.807) is 12.4 Å². The van der Waals surface area contributed by atoms with Gasteiger partial charge in [-0.2, -0.15) is 0 Å². The molecule has 0 aliphatic rings. The van der Waals surface area contributed by atoms with Gasteiger partial charge in [-0.05, 0) is 53.9 Å². The Labute approximate surface area is 164 Å². The number of H-pyrrole nitrogens is 1. The average molecular weight is 371 g/mol. The van der Waals surface area contributed by atoms with E-state index >= 15 is 0 Å². The Morgan fingerprint density at radius 2 is 1.61 bits per heavy atom. The van der Waals surface area contributed by atoms with Crippen LogP contribution >= 0.6 is 0 Å². The van der Waals surface area contributed by atoms with E-state index in [9.17, 15) is 4.39 Å². The summed E-state index contributed by atoms with van der Waals surface area (Å²) in [5.41, 5.74) is 6.70. The Bertz CT molecular complexity index is 1010. The van der Waals surface area contributed by atoms with Crippen molar-refractivity contribution in [3.63, 3.8) is 0 Å². The number of hydrogen-bond donors (Lipinski definition) is 2. The molecule has 4 heteroatoms. The first-order chi connectivity index (χ1) is 13.8. The topological polar surface area (TPSA) is 40.7 Å². The third-order valence-corrected chi connectivity index (χ3v) is 4.82. The molecule has 0 saturated carbocycles. The fourth-order valence-corrected chi connectivity index (χ4v) is 3.40. The lowest BCUT2D eigenvalue weighted by Crippen LogP contribution is -2.17. The molecule has 0 saturated heterocycles. The van der Waals surface area contributed by atoms with Crippen molar-refractivity contribution in [1.29, 1.82) is 0 Å². The van der Waals surface area contributed by atoms with Gasteiger partial charge in [0.25, 0.3) is 0 Å². The van der Waals surface area contributed by atoms with E-state index in [2.05, 4.69) is 39.6 Å². The summed E-state index contributed by atoms with van der Waals surface area (Å²) in [5, 5.41) is 3.53. The molecule has 28 heavy (non-hydrogen) atoms. The van der Waals surface area contributed by atoms with Crippen LogP contribution in [0.1, 0.15) is 11.3 Å². The van der Waals surface area contributed by atoms with Gasteiger partial charge in [0.15, 0.2) is 0 Å². The van der Waals surface area contributed by atoms with Gasteiger partial charge in [-0.25, -0.2) is 4.39 Å². The number of rotatable bonds is 7. The first kappa shape index (κ1) is 18.1. The van der Waals surface area contributed by atoms with Crippen molar-refractivity contribution >= 4 is 0 Å². The number of pyridine rings is 1. The van der Waals surface area contributed by atoms with Gasteiger partial charge in [-0.1, -0.05) is 42.5 Å². The zero-order valence-electron chi connectivity index (χ0n) is 15.5. The van der Waals surface area contributed by atoms with Crippen molar-refractivity contribution in [3.05, 3.63) is 102 Å². The van der Waals surface area contributed by atoms with Crippen LogP contribution in [0, 0.1) is 5.82 Å². The molecular formula is C24H22FN3. The molecule has 2 aromatic carbocycles. The summed E-state index contributed by atoms with van der Waals surface area (Å²) in [7, 11) is 0. The molecule has 0 spiro atoms. The highest BCUT2D eigenvalue weighted by Gasteiger charge is 2.14. The molecule has 2 aromatic heterocycles. The highest BCUT2D eigenvalue weighted by atomic mass is 19.1. The summed E-state index contributed by atoms with van der Waals surface area (Å²) >= 11 is 0. The fraction of sp³-hybridized carbons (Fsp3) is 0.125. The van der Waals surface area contributed by atoms with Crippen LogP contribution in [0.3, 0.4) is 0 Å². The molecule has 2 N–H and O–H groups in total. The van der Waals surface area contributed by atoms with Crippen LogP contribution in [-0.4, -0.2) is 16.5 Å². The third kappa shape index (κ3) is 4.18. The standard InChI is InChI=1S/C24H22FN3/c25-21-8-6-19(7-9-21)22-16-28-23(24(22)20-11-14-26-15-12-20)17-27-13-10-18-4-2-1-3-5-18/h1-9,11-12,14-16,27-28H,10,13,17H2. The number of aromatic nitrogens is 2. The monoisotopic (exact) mass is 371 g/mol. The lowest BCUT2D eigenvalue weighted by Gasteiger charge is -2.10. The predicted octanol–water partition coefficient (Wildman–Crippen LogP) is 5.22. The molecule has 0 unspecified atom stereocenters. The second-order valence-electron chi connectivity index (χ2n) is 6.71. The number of hydrogen-bond acceptors (Lipinski definition) is 2. The van der Waals surface area contributed by atoms with Crippen LogP contribution < -0.4 is 5.32 Å². The maximum Gasteiger partial charge on any atom is 0.123 e. The second-order valence-corrected chi connectivity index (χ2v) is 6.71. The highest BCUT2D eigenvalue weighted by Crippen LogP contribution is 2.35. The van der Waals surface area contributed by atoms with Crippen LogP contribution in [0.15, 0.2) is 85.3 Å². The Hall–Kier alpha value is -3.24. The van der Waals surface area contributed by atoms with Gasteiger partial charge < -0.3 is 10.3 Å². The van der Waals surface area contributed by atoms with Gasteiger partial charge in [-0.3, -0.25) is 4.98 Å². The molecule has 0 amide bonds. The molecular weight excluding hydrogens is 349 g/mol. The molecule has 0 fully saturated rings. The summed E-state index contributed by atoms with van der Waals surface area (Å²) in [6, 6.07) is 21.1. The van der Waals surface area contributed by atoms with E-state index in [1.807, 2.05) is 36.5 Å². The quantitative estimate of drug-likeness (QED) is 0.438. The summed E-state index contributed by atoms with van der Waals surface area (Å²) in [4.78, 5) is 7.54. The Kier molecular flexibility index (Phi) is 5.59. The zero-order valence-corrected chi connectivity index (χ0v) is 15.5. The summed E-state index contributed by atoms with van der Waals surface area (Å²) in [5.74, 6) is -0.229. The van der Waals surface area contributed by atoms with Crippen LogP contribution in [0.5, 0.6) is 0 Å². The number of benzene rings is 2. The zero-order chi connectivity index (χ0) is 19.2. The summed E-state index contributed by atoms with van der Waals surface area (Å²) in [6.07, 6.45) is 6.57. The minimum Gasteiger partial charge on any atom is -0.363 e. The van der Waals surface area contributed by atoms with Crippen molar-refractivity contribution in [3.8, 4) is 22.3 Å². The van der Waals surface area contributed by atoms with Crippen LogP contribution in [0.25, 0.3) is 22.3 Å². The Balaban J connectivity index is 1.56. The molecule has 0 atom stereocenters. The average Bonchev–Trinajstić information content (AvgIpc) is 3.17. The summed E-state index contributed by atoms with van der Waals surface area (Å²) in [6.45, 7) is 1.62. The van der Waals surface area contributed by atoms with Gasteiger partial charge in [0, 0.05) is 42.0 Å². The first-order valence-corrected chi connectivity index (χ1v) is 9.42. The maximum atomic E-state index is 13.4. The molecule has 2 heterocycles. The third-order valence-electron chi connectivity index (χ3n) is 4.82. The first-order valence-electron chi connectivity index (χ1n) is 9.42. The summed E-state index contributed by atoms with van der Waals surface area (Å²) < 4.78 is 13.4. The highest BCUT2D eigenvalue weighted by molar-refractivity contribution is 5.85. The maximum absolute atomic E-state index is 13.4. The molecule has 0 radical (unpaired) electrons. The van der Waals surface area contributed by atoms with Crippen molar-refractivity contribution in [2.24, 2.45) is 0 Å². The molecule has 0 aliphatic carbocycles. The normalized spacial score (nSPS) is 10.9. The minimum absolute atomic E-state index is 0.229. The Morgan fingerprint density at radius 1 is 0.857 bits per heavy atom. The molecule has 0 bridgehead atoms. The van der Waals surface area contributed by atoms with Gasteiger partial charge >= 0.3 is 0 Å². The van der Waals surface area contributed by atoms with Gasteiger partial charge in [0.2, 0.25) is 0 Å². The molecule has 4 aromatic rings. The van der Waals surface area contributed by atoms with Crippen molar-refractivity contribution in [2.75, 3.05) is 6.54 Å².